The maximum absolute atomic E-state index is 12.1. The molecule has 0 atom stereocenters. The molecular weight excluding hydrogens is 264 g/mol. The molecule has 1 N–H and O–H groups in total. The fourth-order valence-electron chi connectivity index (χ4n) is 2.87. The average Bonchev–Trinajstić information content (AvgIpc) is 2.72. The highest BCUT2D eigenvalue weighted by atomic mass is 16.1. The number of carbonyl (C=O) groups excluding carboxylic acids is 1. The van der Waals surface area contributed by atoms with Gasteiger partial charge in [0.25, 0.3) is 0 Å². The van der Waals surface area contributed by atoms with Crippen molar-refractivity contribution in [1.82, 2.24) is 14.8 Å². The van der Waals surface area contributed by atoms with E-state index in [1.54, 1.807) is 0 Å². The van der Waals surface area contributed by atoms with Crippen LogP contribution in [-0.4, -0.2) is 20.7 Å². The first-order valence-electron chi connectivity index (χ1n) is 7.44. The monoisotopic (exact) mass is 284 g/mol. The summed E-state index contributed by atoms with van der Waals surface area (Å²) in [6, 6.07) is 4.08. The number of amides is 1. The van der Waals surface area contributed by atoms with Crippen LogP contribution in [0.3, 0.4) is 0 Å². The predicted octanol–water partition coefficient (Wildman–Crippen LogP) is 2.85. The van der Waals surface area contributed by atoms with Crippen molar-refractivity contribution in [1.29, 1.82) is 0 Å². The molecule has 0 saturated carbocycles. The van der Waals surface area contributed by atoms with Crippen molar-refractivity contribution in [2.24, 2.45) is 7.05 Å². The third-order valence-corrected chi connectivity index (χ3v) is 3.91. The Morgan fingerprint density at radius 1 is 1.24 bits per heavy atom. The summed E-state index contributed by atoms with van der Waals surface area (Å²) >= 11 is 0. The largest absolute Gasteiger partial charge is 0.323 e. The van der Waals surface area contributed by atoms with Crippen LogP contribution in [0.15, 0.2) is 18.3 Å². The van der Waals surface area contributed by atoms with Crippen LogP contribution in [0.25, 0.3) is 11.3 Å². The van der Waals surface area contributed by atoms with Gasteiger partial charge >= 0.3 is 0 Å². The summed E-state index contributed by atoms with van der Waals surface area (Å²) in [6.45, 7) is 1.92. The van der Waals surface area contributed by atoms with E-state index in [4.69, 9.17) is 0 Å². The molecule has 110 valence electrons. The van der Waals surface area contributed by atoms with Gasteiger partial charge < -0.3 is 5.32 Å². The molecule has 1 aliphatic rings. The van der Waals surface area contributed by atoms with Gasteiger partial charge in [0.05, 0.1) is 17.1 Å². The van der Waals surface area contributed by atoms with Gasteiger partial charge in [-0.1, -0.05) is 6.42 Å². The summed E-state index contributed by atoms with van der Waals surface area (Å²) in [4.78, 5) is 16.5. The summed E-state index contributed by atoms with van der Waals surface area (Å²) in [6.07, 6.45) is 6.40. The first kappa shape index (κ1) is 13.8. The number of nitrogens with one attached hydrogen (secondary N) is 1. The molecule has 0 unspecified atom stereocenters. The number of fused-ring (bicyclic) bond motifs is 4. The van der Waals surface area contributed by atoms with Crippen molar-refractivity contribution in [2.45, 2.75) is 39.0 Å². The quantitative estimate of drug-likeness (QED) is 0.809. The summed E-state index contributed by atoms with van der Waals surface area (Å²) < 4.78 is 1.83. The highest BCUT2D eigenvalue weighted by Gasteiger charge is 2.18. The van der Waals surface area contributed by atoms with E-state index >= 15 is 0 Å². The van der Waals surface area contributed by atoms with Crippen LogP contribution in [0, 0.1) is 6.92 Å². The fraction of sp³-hybridized carbons (Fsp3) is 0.438. The van der Waals surface area contributed by atoms with E-state index in [9.17, 15) is 4.79 Å². The van der Waals surface area contributed by atoms with Crippen molar-refractivity contribution in [3.63, 3.8) is 0 Å². The Balaban J connectivity index is 2.12. The lowest BCUT2D eigenvalue weighted by atomic mass is 10.0. The average molecular weight is 284 g/mol. The standard InChI is InChI=1S/C16H20N4O/c1-11-15-16(20(2)19-11)12-8-9-17-13(10-12)6-4-3-5-7-14(21)18-15/h8-10H,3-7H2,1-2H3,(H,18,21). The Morgan fingerprint density at radius 2 is 2.05 bits per heavy atom. The van der Waals surface area contributed by atoms with Crippen LogP contribution < -0.4 is 5.32 Å². The molecule has 3 heterocycles. The molecule has 0 aliphatic carbocycles. The minimum atomic E-state index is 0.0715. The van der Waals surface area contributed by atoms with E-state index in [0.29, 0.717) is 6.42 Å². The summed E-state index contributed by atoms with van der Waals surface area (Å²) in [5, 5.41) is 7.49. The molecule has 0 fully saturated rings. The molecule has 0 saturated heterocycles. The second kappa shape index (κ2) is 5.68. The first-order chi connectivity index (χ1) is 10.1. The van der Waals surface area contributed by atoms with Gasteiger partial charge in [-0.15, -0.1) is 0 Å². The Bertz CT molecular complexity index is 675. The maximum atomic E-state index is 12.1. The van der Waals surface area contributed by atoms with Gasteiger partial charge in [-0.3, -0.25) is 14.5 Å². The van der Waals surface area contributed by atoms with E-state index in [2.05, 4.69) is 21.5 Å². The first-order valence-corrected chi connectivity index (χ1v) is 7.44. The second-order valence-corrected chi connectivity index (χ2v) is 5.58. The number of pyridine rings is 1. The SMILES string of the molecule is Cc1nn(C)c2c1NC(=O)CCCCCc1cc-2ccn1. The molecule has 21 heavy (non-hydrogen) atoms. The Kier molecular flexibility index (Phi) is 3.73. The molecule has 3 rings (SSSR count). The van der Waals surface area contributed by atoms with Crippen LogP contribution in [0.1, 0.15) is 37.1 Å². The number of carbonyl (C=O) groups is 1. The molecule has 2 aromatic rings. The van der Waals surface area contributed by atoms with Crippen LogP contribution in [0.2, 0.25) is 0 Å². The molecule has 1 aliphatic heterocycles. The van der Waals surface area contributed by atoms with E-state index in [1.165, 1.54) is 0 Å². The Hall–Kier alpha value is -2.17. The molecule has 5 nitrogen and oxygen atoms in total. The molecule has 2 aromatic heterocycles. The zero-order valence-electron chi connectivity index (χ0n) is 12.5. The van der Waals surface area contributed by atoms with Gasteiger partial charge in [-0.05, 0) is 38.3 Å². The van der Waals surface area contributed by atoms with Gasteiger partial charge in [0, 0.05) is 30.9 Å². The van der Waals surface area contributed by atoms with Crippen LogP contribution >= 0.6 is 0 Å². The summed E-state index contributed by atoms with van der Waals surface area (Å²) in [5.74, 6) is 0.0715. The number of anilines is 1. The molecular formula is C16H20N4O. The van der Waals surface area contributed by atoms with Crippen LogP contribution in [0.4, 0.5) is 5.69 Å². The molecule has 1 amide bonds. The third kappa shape index (κ3) is 2.82. The van der Waals surface area contributed by atoms with E-state index in [1.807, 2.05) is 30.9 Å². The zero-order chi connectivity index (χ0) is 14.8. The lowest BCUT2D eigenvalue weighted by Gasteiger charge is -2.11. The minimum Gasteiger partial charge on any atom is -0.323 e. The lowest BCUT2D eigenvalue weighted by molar-refractivity contribution is -0.116. The molecule has 2 bridgehead atoms. The Morgan fingerprint density at radius 3 is 2.90 bits per heavy atom. The highest BCUT2D eigenvalue weighted by Crippen LogP contribution is 2.31. The second-order valence-electron chi connectivity index (χ2n) is 5.58. The maximum Gasteiger partial charge on any atom is 0.224 e. The number of aryl methyl sites for hydroxylation is 3. The summed E-state index contributed by atoms with van der Waals surface area (Å²) in [7, 11) is 1.91. The van der Waals surface area contributed by atoms with Gasteiger partial charge in [-0.2, -0.15) is 5.10 Å². The van der Waals surface area contributed by atoms with Crippen molar-refractivity contribution in [3.05, 3.63) is 29.7 Å². The van der Waals surface area contributed by atoms with Gasteiger partial charge in [0.15, 0.2) is 0 Å². The van der Waals surface area contributed by atoms with Crippen molar-refractivity contribution in [2.75, 3.05) is 5.32 Å². The van der Waals surface area contributed by atoms with Crippen LogP contribution in [0.5, 0.6) is 0 Å². The van der Waals surface area contributed by atoms with Crippen molar-refractivity contribution < 1.29 is 4.79 Å². The number of rotatable bonds is 0. The number of hydrogen-bond acceptors (Lipinski definition) is 3. The smallest absolute Gasteiger partial charge is 0.224 e. The van der Waals surface area contributed by atoms with E-state index in [-0.39, 0.29) is 5.91 Å². The zero-order valence-corrected chi connectivity index (χ0v) is 12.5. The topological polar surface area (TPSA) is 59.8 Å². The van der Waals surface area contributed by atoms with Crippen molar-refractivity contribution >= 4 is 11.6 Å². The highest BCUT2D eigenvalue weighted by molar-refractivity contribution is 5.95. The van der Waals surface area contributed by atoms with Crippen molar-refractivity contribution in [3.8, 4) is 11.3 Å². The molecule has 0 aromatic carbocycles. The predicted molar refractivity (Wildman–Crippen MR) is 82.0 cm³/mol. The molecule has 0 radical (unpaired) electrons. The minimum absolute atomic E-state index is 0.0715. The van der Waals surface area contributed by atoms with Gasteiger partial charge in [-0.25, -0.2) is 0 Å². The Labute approximate surface area is 124 Å². The normalized spacial score (nSPS) is 15.6. The van der Waals surface area contributed by atoms with Gasteiger partial charge in [0.1, 0.15) is 0 Å². The fourth-order valence-corrected chi connectivity index (χ4v) is 2.87. The third-order valence-electron chi connectivity index (χ3n) is 3.91. The summed E-state index contributed by atoms with van der Waals surface area (Å²) in [5.41, 5.74) is 4.77. The number of nitrogens with zero attached hydrogens (tertiary/aromatic N) is 3. The number of aromatic nitrogens is 3. The molecule has 5 heteroatoms. The lowest BCUT2D eigenvalue weighted by Crippen LogP contribution is -2.13. The number of hydrogen-bond donors (Lipinski definition) is 1. The van der Waals surface area contributed by atoms with E-state index < -0.39 is 0 Å². The van der Waals surface area contributed by atoms with Gasteiger partial charge in [0.2, 0.25) is 5.91 Å². The van der Waals surface area contributed by atoms with E-state index in [0.717, 1.165) is 54.0 Å². The van der Waals surface area contributed by atoms with Crippen LogP contribution in [-0.2, 0) is 18.3 Å². The molecule has 0 spiro atoms.